The average molecular weight is 396 g/mol. The molecule has 0 saturated carbocycles. The van der Waals surface area contributed by atoms with E-state index < -0.39 is 12.1 Å². The van der Waals surface area contributed by atoms with Crippen molar-refractivity contribution in [3.05, 3.63) is 29.6 Å². The summed E-state index contributed by atoms with van der Waals surface area (Å²) in [6.07, 6.45) is 1.23. The minimum absolute atomic E-state index is 0.143. The summed E-state index contributed by atoms with van der Waals surface area (Å²) in [4.78, 5) is 37.2. The maximum Gasteiger partial charge on any atom is 0.270 e. The normalized spacial score (nSPS) is 20.1. The lowest BCUT2D eigenvalue weighted by Gasteiger charge is -2.32. The Kier molecular flexibility index (Phi) is 5.92. The first-order chi connectivity index (χ1) is 13.7. The molecule has 0 bridgehead atoms. The highest BCUT2D eigenvalue weighted by Crippen LogP contribution is 2.26. The van der Waals surface area contributed by atoms with Crippen molar-refractivity contribution in [1.29, 1.82) is 5.26 Å². The van der Waals surface area contributed by atoms with E-state index in [1.54, 1.807) is 18.0 Å². The van der Waals surface area contributed by atoms with Crippen molar-refractivity contribution in [3.63, 3.8) is 0 Å². The van der Waals surface area contributed by atoms with Gasteiger partial charge in [0.05, 0.1) is 6.07 Å². The molecule has 7 heteroatoms. The molecule has 0 radical (unpaired) electrons. The molecule has 3 rings (SSSR count). The van der Waals surface area contributed by atoms with E-state index in [9.17, 15) is 14.9 Å². The lowest BCUT2D eigenvalue weighted by molar-refractivity contribution is -0.136. The van der Waals surface area contributed by atoms with Crippen LogP contribution in [0.15, 0.2) is 18.2 Å². The van der Waals surface area contributed by atoms with Gasteiger partial charge >= 0.3 is 0 Å². The van der Waals surface area contributed by atoms with Gasteiger partial charge in [0.25, 0.3) is 5.91 Å². The fourth-order valence-corrected chi connectivity index (χ4v) is 4.02. The number of aromatic amines is 1. The lowest BCUT2D eigenvalue weighted by atomic mass is 10.0. The van der Waals surface area contributed by atoms with Crippen molar-refractivity contribution in [1.82, 2.24) is 19.8 Å². The van der Waals surface area contributed by atoms with Crippen LogP contribution in [-0.2, 0) is 4.79 Å². The van der Waals surface area contributed by atoms with E-state index in [0.717, 1.165) is 11.1 Å². The highest BCUT2D eigenvalue weighted by molar-refractivity contribution is 5.99. The number of aromatic nitrogens is 2. The number of aryl methyl sites for hydroxylation is 1. The molecule has 0 aromatic carbocycles. The van der Waals surface area contributed by atoms with Crippen molar-refractivity contribution >= 4 is 22.8 Å². The molecule has 3 unspecified atom stereocenters. The number of likely N-dealkylation sites (tertiary alicyclic amines) is 1. The van der Waals surface area contributed by atoms with E-state index in [4.69, 9.17) is 0 Å². The van der Waals surface area contributed by atoms with Crippen LogP contribution in [0.5, 0.6) is 0 Å². The highest BCUT2D eigenvalue weighted by Gasteiger charge is 2.39. The van der Waals surface area contributed by atoms with Crippen LogP contribution < -0.4 is 0 Å². The van der Waals surface area contributed by atoms with Crippen molar-refractivity contribution in [3.8, 4) is 6.07 Å². The molecule has 3 atom stereocenters. The van der Waals surface area contributed by atoms with Crippen LogP contribution >= 0.6 is 0 Å². The van der Waals surface area contributed by atoms with E-state index in [2.05, 4.69) is 16.0 Å². The molecule has 7 nitrogen and oxygen atoms in total. The van der Waals surface area contributed by atoms with Crippen LogP contribution in [0.3, 0.4) is 0 Å². The number of pyridine rings is 1. The third-order valence-electron chi connectivity index (χ3n) is 5.56. The number of carbonyl (C=O) groups excluding carboxylic acids is 2. The van der Waals surface area contributed by atoms with Crippen LogP contribution in [0, 0.1) is 30.1 Å². The second-order valence-electron chi connectivity index (χ2n) is 8.61. The number of fused-ring (bicyclic) bond motifs is 1. The monoisotopic (exact) mass is 395 g/mol. The number of likely N-dealkylation sites (N-methyl/N-ethyl adjacent to an activating group) is 1. The van der Waals surface area contributed by atoms with Crippen LogP contribution in [-0.4, -0.2) is 57.3 Å². The number of hydrogen-bond donors (Lipinski definition) is 1. The molecular weight excluding hydrogens is 366 g/mol. The Morgan fingerprint density at radius 1 is 1.41 bits per heavy atom. The Morgan fingerprint density at radius 3 is 2.79 bits per heavy atom. The standard InChI is InChI=1S/C22H29N5O2/c1-13(2)8-19(22(29)27-12-14(3)9-17(27)11-23)26(5)21(28)18-10-16-7-6-15(4)24-20(16)25-18/h6-7,10,13-14,17,19H,8-9,12H2,1-5H3,(H,24,25). The van der Waals surface area contributed by atoms with Gasteiger partial charge in [0, 0.05) is 24.7 Å². The number of amides is 2. The molecular formula is C22H29N5O2. The topological polar surface area (TPSA) is 93.1 Å². The summed E-state index contributed by atoms with van der Waals surface area (Å²) in [5.41, 5.74) is 1.94. The van der Waals surface area contributed by atoms with Gasteiger partial charge in [-0.3, -0.25) is 9.59 Å². The molecule has 1 aliphatic heterocycles. The minimum Gasteiger partial charge on any atom is -0.335 e. The Morgan fingerprint density at radius 2 is 2.14 bits per heavy atom. The quantitative estimate of drug-likeness (QED) is 0.842. The number of rotatable bonds is 5. The van der Waals surface area contributed by atoms with Crippen LogP contribution in [0.1, 0.15) is 49.8 Å². The van der Waals surface area contributed by atoms with Gasteiger partial charge in [0.1, 0.15) is 23.4 Å². The number of nitrogens with zero attached hydrogens (tertiary/aromatic N) is 4. The van der Waals surface area contributed by atoms with Gasteiger partial charge in [-0.15, -0.1) is 0 Å². The van der Waals surface area contributed by atoms with Gasteiger partial charge in [-0.05, 0) is 49.8 Å². The molecule has 29 heavy (non-hydrogen) atoms. The van der Waals surface area contributed by atoms with E-state index in [0.29, 0.717) is 30.7 Å². The summed E-state index contributed by atoms with van der Waals surface area (Å²) in [6.45, 7) is 8.56. The van der Waals surface area contributed by atoms with Crippen molar-refractivity contribution in [2.24, 2.45) is 11.8 Å². The Balaban J connectivity index is 1.87. The Bertz CT molecular complexity index is 958. The summed E-state index contributed by atoms with van der Waals surface area (Å²) in [5.74, 6) is 0.120. The number of nitrogens with one attached hydrogen (secondary N) is 1. The molecule has 2 aromatic heterocycles. The van der Waals surface area contributed by atoms with Crippen LogP contribution in [0.2, 0.25) is 0 Å². The molecule has 0 spiro atoms. The smallest absolute Gasteiger partial charge is 0.270 e. The zero-order valence-corrected chi connectivity index (χ0v) is 17.8. The van der Waals surface area contributed by atoms with Crippen LogP contribution in [0.4, 0.5) is 0 Å². The fourth-order valence-electron chi connectivity index (χ4n) is 4.02. The third kappa shape index (κ3) is 4.26. The average Bonchev–Trinajstić information content (AvgIpc) is 3.26. The zero-order chi connectivity index (χ0) is 21.3. The SMILES string of the molecule is Cc1ccc2cc(C(=O)N(C)C(CC(C)C)C(=O)N3CC(C)CC3C#N)[nH]c2n1. The molecule has 1 saturated heterocycles. The maximum absolute atomic E-state index is 13.3. The summed E-state index contributed by atoms with van der Waals surface area (Å²) in [5, 5.41) is 10.3. The van der Waals surface area contributed by atoms with Crippen molar-refractivity contribution in [2.45, 2.75) is 52.6 Å². The number of carbonyl (C=O) groups is 2. The molecule has 1 fully saturated rings. The molecule has 154 valence electrons. The van der Waals surface area contributed by atoms with Gasteiger partial charge in [-0.2, -0.15) is 5.26 Å². The van der Waals surface area contributed by atoms with Gasteiger partial charge in [-0.25, -0.2) is 4.98 Å². The van der Waals surface area contributed by atoms with Gasteiger partial charge in [0.2, 0.25) is 5.91 Å². The predicted molar refractivity (Wildman–Crippen MR) is 111 cm³/mol. The molecule has 1 aliphatic rings. The van der Waals surface area contributed by atoms with E-state index in [-0.39, 0.29) is 23.7 Å². The molecule has 1 N–H and O–H groups in total. The van der Waals surface area contributed by atoms with Gasteiger partial charge in [0.15, 0.2) is 0 Å². The summed E-state index contributed by atoms with van der Waals surface area (Å²) in [7, 11) is 1.67. The van der Waals surface area contributed by atoms with Crippen molar-refractivity contribution in [2.75, 3.05) is 13.6 Å². The maximum atomic E-state index is 13.3. The van der Waals surface area contributed by atoms with Crippen molar-refractivity contribution < 1.29 is 9.59 Å². The number of hydrogen-bond acceptors (Lipinski definition) is 4. The summed E-state index contributed by atoms with van der Waals surface area (Å²) in [6, 6.07) is 6.81. The minimum atomic E-state index is -0.607. The van der Waals surface area contributed by atoms with Gasteiger partial charge in [-0.1, -0.05) is 20.8 Å². The first kappa shape index (κ1) is 20.8. The fraction of sp³-hybridized carbons (Fsp3) is 0.545. The summed E-state index contributed by atoms with van der Waals surface area (Å²) < 4.78 is 0. The van der Waals surface area contributed by atoms with E-state index >= 15 is 0 Å². The summed E-state index contributed by atoms with van der Waals surface area (Å²) >= 11 is 0. The molecule has 2 amide bonds. The third-order valence-corrected chi connectivity index (χ3v) is 5.56. The van der Waals surface area contributed by atoms with Gasteiger partial charge < -0.3 is 14.8 Å². The van der Waals surface area contributed by atoms with E-state index in [1.165, 1.54) is 4.90 Å². The second kappa shape index (κ2) is 8.24. The number of H-pyrrole nitrogens is 1. The molecule has 2 aromatic rings. The molecule has 0 aliphatic carbocycles. The predicted octanol–water partition coefficient (Wildman–Crippen LogP) is 3.12. The largest absolute Gasteiger partial charge is 0.335 e. The lowest BCUT2D eigenvalue weighted by Crippen LogP contribution is -2.51. The number of nitriles is 1. The highest BCUT2D eigenvalue weighted by atomic mass is 16.2. The Hall–Kier alpha value is -2.88. The first-order valence-corrected chi connectivity index (χ1v) is 10.1. The second-order valence-corrected chi connectivity index (χ2v) is 8.61. The first-order valence-electron chi connectivity index (χ1n) is 10.1. The van der Waals surface area contributed by atoms with E-state index in [1.807, 2.05) is 39.8 Å². The van der Waals surface area contributed by atoms with Crippen LogP contribution in [0.25, 0.3) is 11.0 Å². The zero-order valence-electron chi connectivity index (χ0n) is 17.8. The molecule has 3 heterocycles. The Labute approximate surface area is 171 Å².